The van der Waals surface area contributed by atoms with Gasteiger partial charge in [-0.05, 0) is 37.6 Å². The average molecular weight is 302 g/mol. The summed E-state index contributed by atoms with van der Waals surface area (Å²) in [5.41, 5.74) is -1.80. The van der Waals surface area contributed by atoms with E-state index in [9.17, 15) is 22.8 Å². The Morgan fingerprint density at radius 1 is 1.33 bits per heavy atom. The van der Waals surface area contributed by atoms with Crippen molar-refractivity contribution in [1.82, 2.24) is 5.32 Å². The van der Waals surface area contributed by atoms with Gasteiger partial charge in [-0.1, -0.05) is 0 Å². The maximum atomic E-state index is 12.6. The highest BCUT2D eigenvalue weighted by molar-refractivity contribution is 6.02. The van der Waals surface area contributed by atoms with E-state index in [2.05, 4.69) is 10.6 Å². The number of alkyl halides is 3. The molecule has 1 saturated heterocycles. The Morgan fingerprint density at radius 3 is 2.57 bits per heavy atom. The molecule has 21 heavy (non-hydrogen) atoms. The minimum atomic E-state index is -4.64. The fourth-order valence-corrected chi connectivity index (χ4v) is 2.13. The highest BCUT2D eigenvalue weighted by Crippen LogP contribution is 2.32. The topological polar surface area (TPSA) is 78.4 Å². The molecule has 1 amide bonds. The van der Waals surface area contributed by atoms with Crippen molar-refractivity contribution in [3.63, 3.8) is 0 Å². The number of carboxylic acids is 1. The van der Waals surface area contributed by atoms with E-state index in [1.54, 1.807) is 0 Å². The summed E-state index contributed by atoms with van der Waals surface area (Å²) in [4.78, 5) is 23.0. The average Bonchev–Trinajstić information content (AvgIpc) is 2.91. The Kier molecular flexibility index (Phi) is 4.17. The Hall–Kier alpha value is -2.09. The zero-order valence-corrected chi connectivity index (χ0v) is 10.8. The van der Waals surface area contributed by atoms with Crippen LogP contribution < -0.4 is 10.6 Å². The van der Waals surface area contributed by atoms with Crippen LogP contribution in [0.4, 0.5) is 18.9 Å². The van der Waals surface area contributed by atoms with Crippen LogP contribution in [-0.4, -0.2) is 29.6 Å². The minimum absolute atomic E-state index is 0.144. The van der Waals surface area contributed by atoms with Gasteiger partial charge in [0.2, 0.25) is 5.91 Å². The summed E-state index contributed by atoms with van der Waals surface area (Å²) in [5.74, 6) is -1.98. The molecule has 0 aliphatic carbocycles. The smallest absolute Gasteiger partial charge is 0.416 e. The predicted molar refractivity (Wildman–Crippen MR) is 68.1 cm³/mol. The second-order valence-electron chi connectivity index (χ2n) is 4.70. The molecule has 1 atom stereocenters. The standard InChI is InChI=1S/C13H13F3N2O3/c14-13(15,16)7-3-4-9(8(6-7)12(20)21)18-11(19)10-2-1-5-17-10/h3-4,6,10,17H,1-2,5H2,(H,18,19)(H,20,21)/t10-/m1/s1. The number of aromatic carboxylic acids is 1. The third-order valence-electron chi connectivity index (χ3n) is 3.21. The summed E-state index contributed by atoms with van der Waals surface area (Å²) < 4.78 is 37.7. The third-order valence-corrected chi connectivity index (χ3v) is 3.21. The molecular formula is C13H13F3N2O3. The van der Waals surface area contributed by atoms with Crippen LogP contribution in [0.5, 0.6) is 0 Å². The molecule has 1 fully saturated rings. The summed E-state index contributed by atoms with van der Waals surface area (Å²) in [6, 6.07) is 1.76. The molecule has 0 saturated carbocycles. The normalized spacial score (nSPS) is 18.5. The van der Waals surface area contributed by atoms with Gasteiger partial charge in [0.15, 0.2) is 0 Å². The number of rotatable bonds is 3. The monoisotopic (exact) mass is 302 g/mol. The Morgan fingerprint density at radius 2 is 2.05 bits per heavy atom. The van der Waals surface area contributed by atoms with Gasteiger partial charge < -0.3 is 15.7 Å². The van der Waals surface area contributed by atoms with Gasteiger partial charge in [0.1, 0.15) is 0 Å². The molecule has 0 bridgehead atoms. The first-order valence-electron chi connectivity index (χ1n) is 6.28. The van der Waals surface area contributed by atoms with E-state index in [1.165, 1.54) is 0 Å². The number of hydrogen-bond acceptors (Lipinski definition) is 3. The van der Waals surface area contributed by atoms with E-state index in [0.717, 1.165) is 18.6 Å². The number of anilines is 1. The van der Waals surface area contributed by atoms with Crippen molar-refractivity contribution in [3.8, 4) is 0 Å². The van der Waals surface area contributed by atoms with E-state index < -0.39 is 35.2 Å². The van der Waals surface area contributed by atoms with E-state index in [4.69, 9.17) is 5.11 Å². The van der Waals surface area contributed by atoms with Gasteiger partial charge in [-0.2, -0.15) is 13.2 Å². The summed E-state index contributed by atoms with van der Waals surface area (Å²) >= 11 is 0. The summed E-state index contributed by atoms with van der Waals surface area (Å²) in [5, 5.41) is 14.3. The summed E-state index contributed by atoms with van der Waals surface area (Å²) in [6.45, 7) is 0.677. The fourth-order valence-electron chi connectivity index (χ4n) is 2.13. The zero-order valence-electron chi connectivity index (χ0n) is 10.8. The van der Waals surface area contributed by atoms with E-state index in [-0.39, 0.29) is 5.69 Å². The van der Waals surface area contributed by atoms with Crippen molar-refractivity contribution >= 4 is 17.6 Å². The first kappa shape index (κ1) is 15.3. The number of benzene rings is 1. The maximum Gasteiger partial charge on any atom is 0.416 e. The van der Waals surface area contributed by atoms with Gasteiger partial charge in [0, 0.05) is 0 Å². The lowest BCUT2D eigenvalue weighted by Gasteiger charge is -2.14. The summed E-state index contributed by atoms with van der Waals surface area (Å²) in [7, 11) is 0. The number of hydrogen-bond donors (Lipinski definition) is 3. The molecule has 0 unspecified atom stereocenters. The van der Waals surface area contributed by atoms with Crippen LogP contribution in [-0.2, 0) is 11.0 Å². The van der Waals surface area contributed by atoms with Crippen LogP contribution in [0, 0.1) is 0 Å². The first-order chi connectivity index (χ1) is 9.79. The largest absolute Gasteiger partial charge is 0.478 e. The zero-order chi connectivity index (χ0) is 15.6. The number of amides is 1. The molecule has 1 aromatic carbocycles. The molecule has 5 nitrogen and oxygen atoms in total. The van der Waals surface area contributed by atoms with Gasteiger partial charge in [-0.15, -0.1) is 0 Å². The summed E-state index contributed by atoms with van der Waals surface area (Å²) in [6.07, 6.45) is -3.22. The quantitative estimate of drug-likeness (QED) is 0.799. The lowest BCUT2D eigenvalue weighted by atomic mass is 10.1. The van der Waals surface area contributed by atoms with Crippen LogP contribution in [0.3, 0.4) is 0 Å². The molecule has 3 N–H and O–H groups in total. The van der Waals surface area contributed by atoms with Gasteiger partial charge in [-0.3, -0.25) is 4.79 Å². The van der Waals surface area contributed by atoms with Crippen molar-refractivity contribution in [2.24, 2.45) is 0 Å². The molecule has 1 heterocycles. The molecular weight excluding hydrogens is 289 g/mol. The van der Waals surface area contributed by atoms with Crippen molar-refractivity contribution in [2.45, 2.75) is 25.1 Å². The lowest BCUT2D eigenvalue weighted by Crippen LogP contribution is -2.35. The minimum Gasteiger partial charge on any atom is -0.478 e. The highest BCUT2D eigenvalue weighted by Gasteiger charge is 2.32. The van der Waals surface area contributed by atoms with Crippen LogP contribution in [0.1, 0.15) is 28.8 Å². The number of carbonyl (C=O) groups excluding carboxylic acids is 1. The van der Waals surface area contributed by atoms with Gasteiger partial charge >= 0.3 is 12.1 Å². The van der Waals surface area contributed by atoms with Gasteiger partial charge in [-0.25, -0.2) is 4.79 Å². The van der Waals surface area contributed by atoms with Gasteiger partial charge in [0.25, 0.3) is 0 Å². The Bertz CT molecular complexity index is 566. The second-order valence-corrected chi connectivity index (χ2v) is 4.70. The Balaban J connectivity index is 2.26. The van der Waals surface area contributed by atoms with Crippen molar-refractivity contribution < 1.29 is 27.9 Å². The maximum absolute atomic E-state index is 12.6. The van der Waals surface area contributed by atoms with E-state index in [0.29, 0.717) is 19.0 Å². The molecule has 1 aliphatic rings. The molecule has 8 heteroatoms. The highest BCUT2D eigenvalue weighted by atomic mass is 19.4. The van der Waals surface area contributed by atoms with Crippen LogP contribution in [0.15, 0.2) is 18.2 Å². The predicted octanol–water partition coefficient (Wildman–Crippen LogP) is 2.09. The number of halogens is 3. The van der Waals surface area contributed by atoms with Gasteiger partial charge in [0.05, 0.1) is 22.9 Å². The molecule has 0 spiro atoms. The number of nitrogens with one attached hydrogen (secondary N) is 2. The molecule has 0 aromatic heterocycles. The fraction of sp³-hybridized carbons (Fsp3) is 0.385. The second kappa shape index (κ2) is 5.72. The molecule has 0 radical (unpaired) electrons. The van der Waals surface area contributed by atoms with Crippen LogP contribution in [0.25, 0.3) is 0 Å². The van der Waals surface area contributed by atoms with E-state index >= 15 is 0 Å². The SMILES string of the molecule is O=C(O)c1cc(C(F)(F)F)ccc1NC(=O)[C@H]1CCCN1. The van der Waals surface area contributed by atoms with Crippen molar-refractivity contribution in [1.29, 1.82) is 0 Å². The van der Waals surface area contributed by atoms with Crippen LogP contribution in [0.2, 0.25) is 0 Å². The first-order valence-corrected chi connectivity index (χ1v) is 6.28. The molecule has 2 rings (SSSR count). The lowest BCUT2D eigenvalue weighted by molar-refractivity contribution is -0.137. The van der Waals surface area contributed by atoms with Crippen molar-refractivity contribution in [2.75, 3.05) is 11.9 Å². The van der Waals surface area contributed by atoms with Crippen molar-refractivity contribution in [3.05, 3.63) is 29.3 Å². The third kappa shape index (κ3) is 3.52. The number of carbonyl (C=O) groups is 2. The molecule has 114 valence electrons. The molecule has 1 aromatic rings. The van der Waals surface area contributed by atoms with Crippen LogP contribution >= 0.6 is 0 Å². The number of carboxylic acid groups (broad SMARTS) is 1. The Labute approximate surface area is 118 Å². The molecule has 1 aliphatic heterocycles. The van der Waals surface area contributed by atoms with E-state index in [1.807, 2.05) is 0 Å².